The van der Waals surface area contributed by atoms with Gasteiger partial charge in [-0.2, -0.15) is 4.31 Å². The molecule has 1 amide bonds. The Kier molecular flexibility index (Phi) is 5.28. The van der Waals surface area contributed by atoms with E-state index in [-0.39, 0.29) is 11.9 Å². The minimum Gasteiger partial charge on any atom is -0.342 e. The van der Waals surface area contributed by atoms with E-state index in [4.69, 9.17) is 0 Å². The molecule has 0 aliphatic carbocycles. The number of rotatable bonds is 5. The van der Waals surface area contributed by atoms with Crippen LogP contribution in [0.1, 0.15) is 26.3 Å². The molecule has 1 saturated heterocycles. The summed E-state index contributed by atoms with van der Waals surface area (Å²) in [4.78, 5) is 14.6. The van der Waals surface area contributed by atoms with Crippen molar-refractivity contribution in [2.24, 2.45) is 5.92 Å². The smallest absolute Gasteiger partial charge is 0.245 e. The van der Waals surface area contributed by atoms with Gasteiger partial charge in [0.05, 0.1) is 6.26 Å². The molecule has 0 radical (unpaired) electrons. The van der Waals surface area contributed by atoms with Crippen molar-refractivity contribution in [3.05, 3.63) is 24.5 Å². The molecule has 7 heteroatoms. The van der Waals surface area contributed by atoms with Crippen molar-refractivity contribution in [2.45, 2.75) is 26.3 Å². The number of hydrogen-bond donors (Lipinski definition) is 0. The molecule has 1 fully saturated rings. The highest BCUT2D eigenvalue weighted by molar-refractivity contribution is 7.88. The van der Waals surface area contributed by atoms with Crippen molar-refractivity contribution >= 4 is 15.9 Å². The number of carbonyl (C=O) groups is 1. The third kappa shape index (κ3) is 4.10. The maximum atomic E-state index is 12.8. The largest absolute Gasteiger partial charge is 0.342 e. The first-order valence-corrected chi connectivity index (χ1v) is 9.50. The van der Waals surface area contributed by atoms with Crippen LogP contribution in [0.3, 0.4) is 0 Å². The Balaban J connectivity index is 2.06. The van der Waals surface area contributed by atoms with Gasteiger partial charge in [-0.25, -0.2) is 8.42 Å². The number of hydrogen-bond acceptors (Lipinski definition) is 3. The predicted molar refractivity (Wildman–Crippen MR) is 85.9 cm³/mol. The van der Waals surface area contributed by atoms with Gasteiger partial charge < -0.3 is 9.47 Å². The lowest BCUT2D eigenvalue weighted by molar-refractivity contribution is -0.136. The summed E-state index contributed by atoms with van der Waals surface area (Å²) in [6.07, 6.45) is 5.82. The first-order chi connectivity index (χ1) is 10.3. The quantitative estimate of drug-likeness (QED) is 0.816. The Morgan fingerprint density at radius 3 is 2.09 bits per heavy atom. The molecule has 6 nitrogen and oxygen atoms in total. The molecule has 0 N–H and O–H groups in total. The summed E-state index contributed by atoms with van der Waals surface area (Å²) in [5.41, 5.74) is 0. The van der Waals surface area contributed by atoms with Crippen LogP contribution in [-0.4, -0.2) is 60.5 Å². The van der Waals surface area contributed by atoms with Crippen molar-refractivity contribution in [2.75, 3.05) is 32.4 Å². The van der Waals surface area contributed by atoms with Crippen LogP contribution in [0.5, 0.6) is 0 Å². The van der Waals surface area contributed by atoms with E-state index in [1.54, 1.807) is 4.90 Å². The van der Waals surface area contributed by atoms with Gasteiger partial charge in [-0.05, 0) is 24.5 Å². The number of amides is 1. The zero-order chi connectivity index (χ0) is 16.3. The molecule has 1 atom stereocenters. The van der Waals surface area contributed by atoms with Crippen LogP contribution < -0.4 is 0 Å². The van der Waals surface area contributed by atoms with Gasteiger partial charge in [-0.3, -0.25) is 4.79 Å². The van der Waals surface area contributed by atoms with E-state index in [0.717, 1.165) is 6.42 Å². The molecule has 1 aliphatic heterocycles. The maximum absolute atomic E-state index is 12.8. The van der Waals surface area contributed by atoms with Gasteiger partial charge in [-0.1, -0.05) is 13.8 Å². The Bertz CT molecular complexity index is 588. The van der Waals surface area contributed by atoms with Gasteiger partial charge in [0.15, 0.2) is 0 Å². The van der Waals surface area contributed by atoms with Crippen LogP contribution in [-0.2, 0) is 14.8 Å². The zero-order valence-electron chi connectivity index (χ0n) is 13.5. The molecule has 0 unspecified atom stereocenters. The Morgan fingerprint density at radius 1 is 1.09 bits per heavy atom. The highest BCUT2D eigenvalue weighted by Crippen LogP contribution is 2.21. The molecule has 2 heterocycles. The minimum absolute atomic E-state index is 0.0815. The fourth-order valence-electron chi connectivity index (χ4n) is 2.80. The van der Waals surface area contributed by atoms with Crippen molar-refractivity contribution in [1.82, 2.24) is 13.8 Å². The molecule has 2 rings (SSSR count). The predicted octanol–water partition coefficient (Wildman–Crippen LogP) is 1.18. The van der Waals surface area contributed by atoms with Gasteiger partial charge in [0.25, 0.3) is 0 Å². The highest BCUT2D eigenvalue weighted by Gasteiger charge is 2.30. The fourth-order valence-corrected chi connectivity index (χ4v) is 3.63. The third-order valence-corrected chi connectivity index (χ3v) is 5.29. The van der Waals surface area contributed by atoms with Crippen molar-refractivity contribution in [1.29, 1.82) is 0 Å². The number of carbonyl (C=O) groups excluding carboxylic acids is 1. The highest BCUT2D eigenvalue weighted by atomic mass is 32.2. The monoisotopic (exact) mass is 327 g/mol. The molecular formula is C15H25N3O3S. The van der Waals surface area contributed by atoms with Crippen molar-refractivity contribution < 1.29 is 13.2 Å². The number of nitrogens with zero attached hydrogens (tertiary/aromatic N) is 3. The summed E-state index contributed by atoms with van der Waals surface area (Å²) in [5, 5.41) is 0. The summed E-state index contributed by atoms with van der Waals surface area (Å²) in [6, 6.07) is 3.63. The van der Waals surface area contributed by atoms with Crippen molar-refractivity contribution in [3.8, 4) is 0 Å². The summed E-state index contributed by atoms with van der Waals surface area (Å²) >= 11 is 0. The number of piperazine rings is 1. The van der Waals surface area contributed by atoms with Crippen LogP contribution in [0.15, 0.2) is 24.5 Å². The van der Waals surface area contributed by atoms with E-state index in [9.17, 15) is 13.2 Å². The molecule has 1 aliphatic rings. The molecule has 0 spiro atoms. The van der Waals surface area contributed by atoms with E-state index in [1.807, 2.05) is 29.1 Å². The van der Waals surface area contributed by atoms with Gasteiger partial charge in [0, 0.05) is 38.6 Å². The van der Waals surface area contributed by atoms with E-state index in [0.29, 0.717) is 32.1 Å². The SMILES string of the molecule is CC(C)C[C@@H](C(=O)N1CCN(S(C)(=O)=O)CC1)n1cccc1. The zero-order valence-corrected chi connectivity index (χ0v) is 14.3. The third-order valence-electron chi connectivity index (χ3n) is 3.99. The van der Waals surface area contributed by atoms with Gasteiger partial charge in [0.1, 0.15) is 6.04 Å². The second-order valence-electron chi connectivity index (χ2n) is 6.26. The summed E-state index contributed by atoms with van der Waals surface area (Å²) < 4.78 is 26.5. The standard InChI is InChI=1S/C15H25N3O3S/c1-13(2)12-14(16-6-4-5-7-16)15(19)17-8-10-18(11-9-17)22(3,20)21/h4-7,13-14H,8-12H2,1-3H3/t14-/m0/s1. The molecule has 0 bridgehead atoms. The normalized spacial score (nSPS) is 18.6. The number of sulfonamides is 1. The van der Waals surface area contributed by atoms with E-state index in [1.165, 1.54) is 10.6 Å². The van der Waals surface area contributed by atoms with E-state index in [2.05, 4.69) is 13.8 Å². The van der Waals surface area contributed by atoms with E-state index >= 15 is 0 Å². The molecule has 0 saturated carbocycles. The average Bonchev–Trinajstić information content (AvgIpc) is 2.97. The van der Waals surface area contributed by atoms with E-state index < -0.39 is 10.0 Å². The Labute approximate surface area is 132 Å². The lowest BCUT2D eigenvalue weighted by Gasteiger charge is -2.35. The summed E-state index contributed by atoms with van der Waals surface area (Å²) in [7, 11) is -3.17. The second-order valence-corrected chi connectivity index (χ2v) is 8.25. The van der Waals surface area contributed by atoms with Crippen LogP contribution in [0.25, 0.3) is 0 Å². The van der Waals surface area contributed by atoms with Crippen LogP contribution in [0.2, 0.25) is 0 Å². The minimum atomic E-state index is -3.17. The molecule has 0 aromatic carbocycles. The fraction of sp³-hybridized carbons (Fsp3) is 0.667. The first-order valence-electron chi connectivity index (χ1n) is 7.65. The summed E-state index contributed by atoms with van der Waals surface area (Å²) in [5.74, 6) is 0.492. The molecule has 1 aromatic rings. The topological polar surface area (TPSA) is 62.6 Å². The van der Waals surface area contributed by atoms with Crippen LogP contribution in [0.4, 0.5) is 0 Å². The molecule has 22 heavy (non-hydrogen) atoms. The average molecular weight is 327 g/mol. The Morgan fingerprint density at radius 2 is 1.64 bits per heavy atom. The Hall–Kier alpha value is -1.34. The first kappa shape index (κ1) is 17.0. The molecule has 124 valence electrons. The number of aromatic nitrogens is 1. The second kappa shape index (κ2) is 6.83. The summed E-state index contributed by atoms with van der Waals surface area (Å²) in [6.45, 7) is 5.88. The van der Waals surface area contributed by atoms with Gasteiger partial charge in [-0.15, -0.1) is 0 Å². The maximum Gasteiger partial charge on any atom is 0.245 e. The molecule has 1 aromatic heterocycles. The van der Waals surface area contributed by atoms with Crippen molar-refractivity contribution in [3.63, 3.8) is 0 Å². The lowest BCUT2D eigenvalue weighted by Crippen LogP contribution is -2.51. The molecular weight excluding hydrogens is 302 g/mol. The van der Waals surface area contributed by atoms with Gasteiger partial charge >= 0.3 is 0 Å². The van der Waals surface area contributed by atoms with Crippen LogP contribution >= 0.6 is 0 Å². The lowest BCUT2D eigenvalue weighted by atomic mass is 10.0. The van der Waals surface area contributed by atoms with Crippen LogP contribution in [0, 0.1) is 5.92 Å². The van der Waals surface area contributed by atoms with Gasteiger partial charge in [0.2, 0.25) is 15.9 Å².